The van der Waals surface area contributed by atoms with Crippen molar-refractivity contribution in [3.05, 3.63) is 30.1 Å². The molecule has 1 aromatic carbocycles. The van der Waals surface area contributed by atoms with Crippen molar-refractivity contribution < 1.29 is 5.11 Å². The van der Waals surface area contributed by atoms with E-state index in [0.29, 0.717) is 0 Å². The fourth-order valence-corrected chi connectivity index (χ4v) is 1.79. The third-order valence-electron chi connectivity index (χ3n) is 2.62. The van der Waals surface area contributed by atoms with Crippen molar-refractivity contribution in [2.75, 3.05) is 0 Å². The highest BCUT2D eigenvalue weighted by atomic mass is 16.3. The van der Waals surface area contributed by atoms with Gasteiger partial charge >= 0.3 is 0 Å². The number of rotatable bonds is 3. The van der Waals surface area contributed by atoms with Crippen LogP contribution in [0, 0.1) is 6.92 Å². The molecule has 1 unspecified atom stereocenters. The molecule has 1 aromatic heterocycles. The highest BCUT2D eigenvalue weighted by Gasteiger charge is 2.06. The van der Waals surface area contributed by atoms with Gasteiger partial charge in [-0.2, -0.15) is 0 Å². The van der Waals surface area contributed by atoms with Crippen molar-refractivity contribution in [2.24, 2.45) is 0 Å². The first-order valence-corrected chi connectivity index (χ1v) is 5.28. The van der Waals surface area contributed by atoms with Crippen LogP contribution in [0.3, 0.4) is 0 Å². The Morgan fingerprint density at radius 2 is 2.13 bits per heavy atom. The number of para-hydroxylation sites is 2. The molecule has 0 bridgehead atoms. The predicted molar refractivity (Wildman–Crippen MR) is 60.8 cm³/mol. The van der Waals surface area contributed by atoms with E-state index < -0.39 is 0 Å². The van der Waals surface area contributed by atoms with Crippen LogP contribution in [0.2, 0.25) is 0 Å². The molecule has 80 valence electrons. The molecule has 0 radical (unpaired) electrons. The van der Waals surface area contributed by atoms with Crippen molar-refractivity contribution in [3.63, 3.8) is 0 Å². The van der Waals surface area contributed by atoms with Gasteiger partial charge in [0.2, 0.25) is 0 Å². The zero-order chi connectivity index (χ0) is 10.8. The van der Waals surface area contributed by atoms with Gasteiger partial charge in [0.15, 0.2) is 0 Å². The van der Waals surface area contributed by atoms with E-state index in [-0.39, 0.29) is 6.10 Å². The van der Waals surface area contributed by atoms with E-state index in [1.807, 2.05) is 32.0 Å². The number of hydrogen-bond acceptors (Lipinski definition) is 2. The lowest BCUT2D eigenvalue weighted by molar-refractivity contribution is 0.178. The fraction of sp³-hybridized carbons (Fsp3) is 0.417. The molecule has 0 saturated carbocycles. The molecule has 0 fully saturated rings. The number of hydrogen-bond donors (Lipinski definition) is 1. The third kappa shape index (κ3) is 2.02. The third-order valence-corrected chi connectivity index (χ3v) is 2.62. The van der Waals surface area contributed by atoms with Gasteiger partial charge in [0.05, 0.1) is 17.1 Å². The maximum absolute atomic E-state index is 9.28. The molecule has 3 nitrogen and oxygen atoms in total. The number of aliphatic hydroxyl groups excluding tert-OH is 1. The zero-order valence-electron chi connectivity index (χ0n) is 9.14. The van der Waals surface area contributed by atoms with Crippen LogP contribution < -0.4 is 0 Å². The molecule has 0 aliphatic carbocycles. The van der Waals surface area contributed by atoms with Crippen LogP contribution >= 0.6 is 0 Å². The lowest BCUT2D eigenvalue weighted by Crippen LogP contribution is -2.08. The van der Waals surface area contributed by atoms with Gasteiger partial charge in [-0.25, -0.2) is 4.98 Å². The van der Waals surface area contributed by atoms with Crippen LogP contribution in [-0.4, -0.2) is 20.8 Å². The molecule has 0 aliphatic rings. The Balaban J connectivity index is 2.36. The smallest absolute Gasteiger partial charge is 0.106 e. The molecule has 3 heteroatoms. The molecular weight excluding hydrogens is 188 g/mol. The van der Waals surface area contributed by atoms with Gasteiger partial charge in [0.1, 0.15) is 5.82 Å². The monoisotopic (exact) mass is 204 g/mol. The largest absolute Gasteiger partial charge is 0.393 e. The minimum atomic E-state index is -0.259. The van der Waals surface area contributed by atoms with E-state index >= 15 is 0 Å². The minimum absolute atomic E-state index is 0.259. The second-order valence-electron chi connectivity index (χ2n) is 3.94. The van der Waals surface area contributed by atoms with E-state index in [1.165, 1.54) is 0 Å². The molecule has 1 heterocycles. The second kappa shape index (κ2) is 4.03. The van der Waals surface area contributed by atoms with Crippen molar-refractivity contribution in [2.45, 2.75) is 32.9 Å². The van der Waals surface area contributed by atoms with E-state index in [9.17, 15) is 5.11 Å². The number of fused-ring (bicyclic) bond motifs is 1. The van der Waals surface area contributed by atoms with Crippen molar-refractivity contribution in [3.8, 4) is 0 Å². The van der Waals surface area contributed by atoms with Gasteiger partial charge in [0, 0.05) is 6.54 Å². The summed E-state index contributed by atoms with van der Waals surface area (Å²) in [5, 5.41) is 9.28. The van der Waals surface area contributed by atoms with Gasteiger partial charge in [0.25, 0.3) is 0 Å². The Kier molecular flexibility index (Phi) is 2.73. The van der Waals surface area contributed by atoms with Crippen LogP contribution in [0.5, 0.6) is 0 Å². The first-order valence-electron chi connectivity index (χ1n) is 5.28. The molecule has 15 heavy (non-hydrogen) atoms. The Morgan fingerprint density at radius 3 is 2.87 bits per heavy atom. The standard InChI is InChI=1S/C12H16N2O/c1-9(15)7-8-14-10(2)13-11-5-3-4-6-12(11)14/h3-6,9,15H,7-8H2,1-2H3. The first-order chi connectivity index (χ1) is 7.18. The molecule has 2 aromatic rings. The number of aryl methyl sites for hydroxylation is 2. The maximum Gasteiger partial charge on any atom is 0.106 e. The van der Waals surface area contributed by atoms with E-state index in [2.05, 4.69) is 15.6 Å². The van der Waals surface area contributed by atoms with Crippen LogP contribution in [0.15, 0.2) is 24.3 Å². The normalized spacial score (nSPS) is 13.3. The number of aromatic nitrogens is 2. The number of benzene rings is 1. The summed E-state index contributed by atoms with van der Waals surface area (Å²) in [6.07, 6.45) is 0.506. The van der Waals surface area contributed by atoms with E-state index in [4.69, 9.17) is 0 Å². The van der Waals surface area contributed by atoms with Gasteiger partial charge in [-0.1, -0.05) is 12.1 Å². The van der Waals surface area contributed by atoms with Crippen LogP contribution in [0.1, 0.15) is 19.2 Å². The van der Waals surface area contributed by atoms with Crippen LogP contribution in [0.4, 0.5) is 0 Å². The average molecular weight is 204 g/mol. The topological polar surface area (TPSA) is 38.0 Å². The first kappa shape index (κ1) is 10.2. The molecular formula is C12H16N2O. The molecule has 0 saturated heterocycles. The quantitative estimate of drug-likeness (QED) is 0.831. The summed E-state index contributed by atoms with van der Waals surface area (Å²) >= 11 is 0. The number of nitrogens with zero attached hydrogens (tertiary/aromatic N) is 2. The van der Waals surface area contributed by atoms with Crippen molar-refractivity contribution in [1.82, 2.24) is 9.55 Å². The Morgan fingerprint density at radius 1 is 1.40 bits per heavy atom. The summed E-state index contributed by atoms with van der Waals surface area (Å²) in [5.74, 6) is 1.01. The minimum Gasteiger partial charge on any atom is -0.393 e. The van der Waals surface area contributed by atoms with Gasteiger partial charge < -0.3 is 9.67 Å². The predicted octanol–water partition coefficient (Wildman–Crippen LogP) is 2.12. The van der Waals surface area contributed by atoms with E-state index in [1.54, 1.807) is 0 Å². The second-order valence-corrected chi connectivity index (χ2v) is 3.94. The summed E-state index contributed by atoms with van der Waals surface area (Å²) < 4.78 is 2.15. The average Bonchev–Trinajstić information content (AvgIpc) is 2.50. The van der Waals surface area contributed by atoms with Crippen molar-refractivity contribution >= 4 is 11.0 Å². The SMILES string of the molecule is Cc1nc2ccccc2n1CCC(C)O. The molecule has 0 spiro atoms. The highest BCUT2D eigenvalue weighted by molar-refractivity contribution is 5.75. The van der Waals surface area contributed by atoms with E-state index in [0.717, 1.165) is 29.8 Å². The Hall–Kier alpha value is -1.35. The fourth-order valence-electron chi connectivity index (χ4n) is 1.79. The summed E-state index contributed by atoms with van der Waals surface area (Å²) in [5.41, 5.74) is 2.18. The van der Waals surface area contributed by atoms with Gasteiger partial charge in [-0.3, -0.25) is 0 Å². The van der Waals surface area contributed by atoms with Crippen LogP contribution in [0.25, 0.3) is 11.0 Å². The van der Waals surface area contributed by atoms with Crippen LogP contribution in [-0.2, 0) is 6.54 Å². The molecule has 0 aliphatic heterocycles. The van der Waals surface area contributed by atoms with Gasteiger partial charge in [-0.15, -0.1) is 0 Å². The highest BCUT2D eigenvalue weighted by Crippen LogP contribution is 2.16. The summed E-state index contributed by atoms with van der Waals surface area (Å²) in [4.78, 5) is 4.47. The molecule has 0 amide bonds. The zero-order valence-corrected chi connectivity index (χ0v) is 9.14. The lowest BCUT2D eigenvalue weighted by Gasteiger charge is -2.08. The van der Waals surface area contributed by atoms with Crippen molar-refractivity contribution in [1.29, 1.82) is 0 Å². The Bertz CT molecular complexity index is 460. The summed E-state index contributed by atoms with van der Waals surface area (Å²) in [6, 6.07) is 8.09. The lowest BCUT2D eigenvalue weighted by atomic mass is 10.2. The summed E-state index contributed by atoms with van der Waals surface area (Å²) in [6.45, 7) is 4.64. The Labute approximate surface area is 89.4 Å². The number of aliphatic hydroxyl groups is 1. The van der Waals surface area contributed by atoms with Gasteiger partial charge in [-0.05, 0) is 32.4 Å². The summed E-state index contributed by atoms with van der Waals surface area (Å²) in [7, 11) is 0. The number of imidazole rings is 1. The molecule has 2 rings (SSSR count). The maximum atomic E-state index is 9.28. The molecule has 1 N–H and O–H groups in total. The molecule has 1 atom stereocenters.